The molecule has 0 spiro atoms. The van der Waals surface area contributed by atoms with Gasteiger partial charge in [-0.2, -0.15) is 0 Å². The van der Waals surface area contributed by atoms with E-state index in [2.05, 4.69) is 13.8 Å². The fourth-order valence-corrected chi connectivity index (χ4v) is 8.23. The van der Waals surface area contributed by atoms with Crippen LogP contribution in [0, 0.1) is 0 Å². The Morgan fingerprint density at radius 1 is 0.311 bits per heavy atom. The number of hydrogen-bond acceptors (Lipinski definition) is 12. The molecule has 0 aliphatic carbocycles. The minimum Gasteiger partial charge on any atom is -0.494 e. The lowest BCUT2D eigenvalue weighted by Gasteiger charge is -2.07. The first-order chi connectivity index (χ1) is 36.1. The summed E-state index contributed by atoms with van der Waals surface area (Å²) in [7, 11) is 0. The number of benzene rings is 2. The minimum absolute atomic E-state index is 0.0809. The predicted molar refractivity (Wildman–Crippen MR) is 291 cm³/mol. The normalized spacial score (nSPS) is 10.9. The van der Waals surface area contributed by atoms with E-state index in [1.165, 1.54) is 165 Å². The molecule has 402 valence electrons. The highest BCUT2D eigenvalue weighted by molar-refractivity contribution is 5.91. The molecule has 0 saturated heterocycles. The van der Waals surface area contributed by atoms with Crippen LogP contribution < -0.4 is 39.3 Å². The maximum atomic E-state index is 12.9. The van der Waals surface area contributed by atoms with Gasteiger partial charge in [0, 0.05) is 12.8 Å². The van der Waals surface area contributed by atoms with E-state index in [0.29, 0.717) is 35.8 Å². The van der Waals surface area contributed by atoms with Gasteiger partial charge in [-0.1, -0.05) is 155 Å². The monoisotopic (exact) mass is 1020 g/mol. The molecule has 0 aliphatic heterocycles. The third kappa shape index (κ3) is 26.1. The Morgan fingerprint density at radius 3 is 0.919 bits per heavy atom. The zero-order chi connectivity index (χ0) is 52.9. The minimum atomic E-state index is -0.699. The van der Waals surface area contributed by atoms with Crippen LogP contribution in [-0.2, 0) is 9.59 Å². The average molecular weight is 1020 g/mol. The van der Waals surface area contributed by atoms with E-state index < -0.39 is 34.7 Å². The zero-order valence-corrected chi connectivity index (χ0v) is 44.3. The van der Waals surface area contributed by atoms with Crippen molar-refractivity contribution in [2.75, 3.05) is 13.2 Å². The molecule has 0 N–H and O–H groups in total. The maximum absolute atomic E-state index is 12.9. The number of carbonyl (C=O) groups excluding carboxylic acids is 4. The van der Waals surface area contributed by atoms with Gasteiger partial charge in [0.15, 0.2) is 11.5 Å². The molecule has 4 aromatic carbocycles. The Morgan fingerprint density at radius 2 is 0.595 bits per heavy atom. The van der Waals surface area contributed by atoms with Crippen LogP contribution >= 0.6 is 0 Å². The van der Waals surface area contributed by atoms with E-state index >= 15 is 0 Å². The van der Waals surface area contributed by atoms with Gasteiger partial charge in [0.05, 0.1) is 24.3 Å². The lowest BCUT2D eigenvalue weighted by molar-refractivity contribution is -0.136. The van der Waals surface area contributed by atoms with Gasteiger partial charge in [0.1, 0.15) is 23.0 Å². The highest BCUT2D eigenvalue weighted by atomic mass is 16.6. The Labute approximate surface area is 439 Å². The van der Waals surface area contributed by atoms with Crippen LogP contribution in [0.3, 0.4) is 0 Å². The summed E-state index contributed by atoms with van der Waals surface area (Å²) in [6, 6.07) is 23.5. The van der Waals surface area contributed by atoms with Crippen LogP contribution in [0.4, 0.5) is 0 Å². The van der Waals surface area contributed by atoms with Crippen molar-refractivity contribution in [3.05, 3.63) is 129 Å². The molecule has 0 heterocycles. The standard InChI is InChI=1S/C62H82O12/c1-3-5-7-9-11-13-15-17-19-21-23-27-47-69-51-35-31-49(32-36-51)61(67)71-53-39-43-55(63)57(45-41-53)73-59(65)29-25-26-30-60(66)74-58-46-42-54(40-44-56(58)64)72-62(68)50-33-37-52(38-34-50)70-48-28-24-22-20-18-16-14-12-10-8-6-4-2/h31-46H,3-30,47-48H2,1-2H3. The van der Waals surface area contributed by atoms with E-state index in [4.69, 9.17) is 28.4 Å². The van der Waals surface area contributed by atoms with Crippen molar-refractivity contribution in [3.8, 4) is 34.5 Å². The van der Waals surface area contributed by atoms with Crippen LogP contribution in [0.15, 0.2) is 107 Å². The summed E-state index contributed by atoms with van der Waals surface area (Å²) in [5.74, 6) is -1.67. The van der Waals surface area contributed by atoms with Gasteiger partial charge in [-0.05, 0) is 123 Å². The van der Waals surface area contributed by atoms with Crippen LogP contribution in [-0.4, -0.2) is 37.1 Å². The number of ether oxygens (including phenoxy) is 6. The summed E-state index contributed by atoms with van der Waals surface area (Å²) in [5.41, 5.74) is -0.593. The molecule has 0 fully saturated rings. The summed E-state index contributed by atoms with van der Waals surface area (Å²) < 4.78 is 33.3. The van der Waals surface area contributed by atoms with Crippen LogP contribution in [0.25, 0.3) is 0 Å². The molecule has 74 heavy (non-hydrogen) atoms. The summed E-state index contributed by atoms with van der Waals surface area (Å²) in [6.45, 7) is 5.71. The summed E-state index contributed by atoms with van der Waals surface area (Å²) in [6.07, 6.45) is 30.8. The average Bonchev–Trinajstić information content (AvgIpc) is 3.68. The second-order valence-electron chi connectivity index (χ2n) is 19.1. The first kappa shape index (κ1) is 60.3. The molecule has 0 bridgehead atoms. The molecule has 4 rings (SSSR count). The molecule has 0 aromatic heterocycles. The Bertz CT molecular complexity index is 2200. The number of esters is 4. The Hall–Kier alpha value is -6.30. The smallest absolute Gasteiger partial charge is 0.343 e. The molecule has 4 aromatic rings. The van der Waals surface area contributed by atoms with E-state index in [0.717, 1.165) is 37.8 Å². The van der Waals surface area contributed by atoms with Gasteiger partial charge < -0.3 is 28.4 Å². The molecule has 0 amide bonds. The van der Waals surface area contributed by atoms with Crippen LogP contribution in [0.2, 0.25) is 0 Å². The first-order valence-corrected chi connectivity index (χ1v) is 27.8. The summed E-state index contributed by atoms with van der Waals surface area (Å²) >= 11 is 0. The van der Waals surface area contributed by atoms with Gasteiger partial charge in [0.25, 0.3) is 0 Å². The van der Waals surface area contributed by atoms with Gasteiger partial charge in [-0.15, -0.1) is 0 Å². The molecule has 12 nitrogen and oxygen atoms in total. The lowest BCUT2D eigenvalue weighted by atomic mass is 10.1. The van der Waals surface area contributed by atoms with Crippen LogP contribution in [0.1, 0.15) is 214 Å². The third-order valence-electron chi connectivity index (χ3n) is 12.7. The second kappa shape index (κ2) is 37.4. The van der Waals surface area contributed by atoms with E-state index in [1.807, 2.05) is 0 Å². The quantitative estimate of drug-likeness (QED) is 0.0308. The van der Waals surface area contributed by atoms with E-state index in [-0.39, 0.29) is 48.7 Å². The largest absolute Gasteiger partial charge is 0.494 e. The SMILES string of the molecule is CCCCCCCCCCCCCCOc1ccc(C(=O)Oc2ccc(OC(=O)CCCCC(=O)Oc3ccc(OC(=O)c4ccc(OCCCCCCCCCCCCCC)cc4)ccc3=O)c(=O)cc2)cc1. The van der Waals surface area contributed by atoms with Crippen molar-refractivity contribution in [1.29, 1.82) is 0 Å². The molecule has 12 heteroatoms. The molecule has 0 unspecified atom stereocenters. The highest BCUT2D eigenvalue weighted by Crippen LogP contribution is 2.21. The number of hydrogen-bond donors (Lipinski definition) is 0. The number of carbonyl (C=O) groups is 4. The molecule has 0 saturated carbocycles. The van der Waals surface area contributed by atoms with Crippen molar-refractivity contribution in [2.24, 2.45) is 0 Å². The van der Waals surface area contributed by atoms with E-state index in [9.17, 15) is 28.8 Å². The van der Waals surface area contributed by atoms with Crippen molar-refractivity contribution in [2.45, 2.75) is 194 Å². The van der Waals surface area contributed by atoms with Crippen molar-refractivity contribution >= 4 is 23.9 Å². The number of unbranched alkanes of at least 4 members (excludes halogenated alkanes) is 23. The second-order valence-corrected chi connectivity index (χ2v) is 19.1. The van der Waals surface area contributed by atoms with Gasteiger partial charge >= 0.3 is 23.9 Å². The van der Waals surface area contributed by atoms with Gasteiger partial charge in [-0.25, -0.2) is 9.59 Å². The topological polar surface area (TPSA) is 158 Å². The van der Waals surface area contributed by atoms with Gasteiger partial charge in [-0.3, -0.25) is 19.2 Å². The zero-order valence-electron chi connectivity index (χ0n) is 44.3. The molecular weight excluding hydrogens is 937 g/mol. The number of rotatable bonds is 39. The summed E-state index contributed by atoms with van der Waals surface area (Å²) in [5, 5.41) is 0. The van der Waals surface area contributed by atoms with Crippen molar-refractivity contribution < 1.29 is 47.6 Å². The van der Waals surface area contributed by atoms with Crippen LogP contribution in [0.5, 0.6) is 34.5 Å². The maximum Gasteiger partial charge on any atom is 0.343 e. The molecule has 0 aliphatic rings. The highest BCUT2D eigenvalue weighted by Gasteiger charge is 2.14. The first-order valence-electron chi connectivity index (χ1n) is 27.8. The third-order valence-corrected chi connectivity index (χ3v) is 12.7. The molecule has 0 radical (unpaired) electrons. The molecule has 0 atom stereocenters. The fourth-order valence-electron chi connectivity index (χ4n) is 8.23. The Balaban J connectivity index is 1.08. The lowest BCUT2D eigenvalue weighted by Crippen LogP contribution is -2.14. The Kier molecular flexibility index (Phi) is 30.5. The summed E-state index contributed by atoms with van der Waals surface area (Å²) in [4.78, 5) is 76.3. The van der Waals surface area contributed by atoms with Crippen molar-refractivity contribution in [1.82, 2.24) is 0 Å². The molecular formula is C62H82O12. The van der Waals surface area contributed by atoms with Crippen molar-refractivity contribution in [3.63, 3.8) is 0 Å². The van der Waals surface area contributed by atoms with Gasteiger partial charge in [0.2, 0.25) is 10.9 Å². The predicted octanol–water partition coefficient (Wildman–Crippen LogP) is 15.1. The fraction of sp³-hybridized carbons (Fsp3) is 0.516. The van der Waals surface area contributed by atoms with E-state index in [1.54, 1.807) is 48.5 Å².